The van der Waals surface area contributed by atoms with Crippen LogP contribution in [0.2, 0.25) is 0 Å². The van der Waals surface area contributed by atoms with Crippen LogP contribution in [0.5, 0.6) is 5.75 Å². The standard InChI is InChI=1S/C12H16O3S/c1-12(2,11(13)14)16-8-9-5-4-6-10(7-9)15-3/h4-7H,8H2,1-3H3,(H,13,14). The fraction of sp³-hybridized carbons (Fsp3) is 0.417. The first-order valence-electron chi connectivity index (χ1n) is 4.96. The largest absolute Gasteiger partial charge is 0.497 e. The summed E-state index contributed by atoms with van der Waals surface area (Å²) in [5.41, 5.74) is 1.07. The van der Waals surface area contributed by atoms with Gasteiger partial charge in [0.2, 0.25) is 0 Å². The van der Waals surface area contributed by atoms with E-state index >= 15 is 0 Å². The monoisotopic (exact) mass is 240 g/mol. The third-order valence-corrected chi connectivity index (χ3v) is 3.62. The number of carbonyl (C=O) groups is 1. The molecule has 0 amide bonds. The van der Waals surface area contributed by atoms with E-state index in [-0.39, 0.29) is 0 Å². The van der Waals surface area contributed by atoms with E-state index in [0.717, 1.165) is 11.3 Å². The Bertz CT molecular complexity index is 374. The van der Waals surface area contributed by atoms with Gasteiger partial charge in [-0.15, -0.1) is 11.8 Å². The van der Waals surface area contributed by atoms with Crippen LogP contribution in [-0.4, -0.2) is 22.9 Å². The predicted octanol–water partition coefficient (Wildman–Crippen LogP) is 2.79. The zero-order valence-corrected chi connectivity index (χ0v) is 10.5. The molecule has 1 aromatic carbocycles. The number of hydrogen-bond acceptors (Lipinski definition) is 3. The summed E-state index contributed by atoms with van der Waals surface area (Å²) in [5.74, 6) is 0.669. The van der Waals surface area contributed by atoms with Crippen LogP contribution in [-0.2, 0) is 10.5 Å². The van der Waals surface area contributed by atoms with E-state index in [0.29, 0.717) is 5.75 Å². The molecule has 0 bridgehead atoms. The number of rotatable bonds is 5. The van der Waals surface area contributed by atoms with Gasteiger partial charge in [-0.1, -0.05) is 12.1 Å². The molecule has 0 aliphatic carbocycles. The minimum absolute atomic E-state index is 0.663. The van der Waals surface area contributed by atoms with E-state index in [2.05, 4.69) is 0 Å². The van der Waals surface area contributed by atoms with Crippen molar-refractivity contribution in [2.24, 2.45) is 0 Å². The van der Waals surface area contributed by atoms with Crippen molar-refractivity contribution in [1.29, 1.82) is 0 Å². The third kappa shape index (κ3) is 3.45. The highest BCUT2D eigenvalue weighted by Gasteiger charge is 2.27. The molecule has 0 aliphatic rings. The number of carboxylic acid groups (broad SMARTS) is 1. The number of carboxylic acids is 1. The zero-order valence-electron chi connectivity index (χ0n) is 9.69. The summed E-state index contributed by atoms with van der Waals surface area (Å²) < 4.78 is 4.35. The Morgan fingerprint density at radius 3 is 2.75 bits per heavy atom. The average molecular weight is 240 g/mol. The molecule has 88 valence electrons. The summed E-state index contributed by atoms with van der Waals surface area (Å²) >= 11 is 1.40. The van der Waals surface area contributed by atoms with Crippen molar-refractivity contribution in [3.63, 3.8) is 0 Å². The van der Waals surface area contributed by atoms with Crippen LogP contribution in [0.4, 0.5) is 0 Å². The molecule has 0 aromatic heterocycles. The Labute approximate surface area is 99.8 Å². The van der Waals surface area contributed by atoms with Crippen molar-refractivity contribution >= 4 is 17.7 Å². The molecule has 3 nitrogen and oxygen atoms in total. The normalized spacial score (nSPS) is 11.2. The quantitative estimate of drug-likeness (QED) is 0.859. The van der Waals surface area contributed by atoms with Crippen LogP contribution in [0.3, 0.4) is 0 Å². The van der Waals surface area contributed by atoms with Gasteiger partial charge < -0.3 is 9.84 Å². The van der Waals surface area contributed by atoms with Gasteiger partial charge in [0.25, 0.3) is 0 Å². The van der Waals surface area contributed by atoms with Crippen molar-refractivity contribution in [1.82, 2.24) is 0 Å². The fourth-order valence-corrected chi connectivity index (χ4v) is 1.92. The number of thioether (sulfide) groups is 1. The van der Waals surface area contributed by atoms with Crippen LogP contribution in [0.15, 0.2) is 24.3 Å². The second-order valence-electron chi connectivity index (χ2n) is 3.96. The summed E-state index contributed by atoms with van der Waals surface area (Å²) in [7, 11) is 1.62. The molecule has 0 aliphatic heterocycles. The van der Waals surface area contributed by atoms with Crippen LogP contribution in [0.25, 0.3) is 0 Å². The zero-order chi connectivity index (χ0) is 12.2. The SMILES string of the molecule is COc1cccc(CSC(C)(C)C(=O)O)c1. The van der Waals surface area contributed by atoms with Gasteiger partial charge in [0.05, 0.1) is 7.11 Å². The molecule has 1 N–H and O–H groups in total. The molecule has 0 fully saturated rings. The Kier molecular flexibility index (Phi) is 4.24. The molecule has 16 heavy (non-hydrogen) atoms. The number of hydrogen-bond donors (Lipinski definition) is 1. The van der Waals surface area contributed by atoms with Gasteiger partial charge in [-0.3, -0.25) is 4.79 Å². The van der Waals surface area contributed by atoms with Crippen LogP contribution in [0.1, 0.15) is 19.4 Å². The minimum atomic E-state index is -0.791. The summed E-state index contributed by atoms with van der Waals surface area (Å²) in [6, 6.07) is 7.66. The highest BCUT2D eigenvalue weighted by Crippen LogP contribution is 2.29. The Balaban J connectivity index is 2.64. The lowest BCUT2D eigenvalue weighted by molar-refractivity contribution is -0.138. The van der Waals surface area contributed by atoms with E-state index in [1.54, 1.807) is 21.0 Å². The molecule has 0 heterocycles. The first kappa shape index (κ1) is 12.9. The highest BCUT2D eigenvalue weighted by molar-refractivity contribution is 8.00. The second kappa shape index (κ2) is 5.25. The van der Waals surface area contributed by atoms with Crippen molar-refractivity contribution in [2.45, 2.75) is 24.3 Å². The number of aliphatic carboxylic acids is 1. The molecule has 0 radical (unpaired) electrons. The molecule has 0 spiro atoms. The van der Waals surface area contributed by atoms with Gasteiger partial charge >= 0.3 is 5.97 Å². The molecule has 0 unspecified atom stereocenters. The van der Waals surface area contributed by atoms with Gasteiger partial charge in [0.1, 0.15) is 10.5 Å². The Morgan fingerprint density at radius 2 is 2.19 bits per heavy atom. The molecule has 0 atom stereocenters. The van der Waals surface area contributed by atoms with Crippen LogP contribution >= 0.6 is 11.8 Å². The minimum Gasteiger partial charge on any atom is -0.497 e. The number of benzene rings is 1. The Hall–Kier alpha value is -1.16. The van der Waals surface area contributed by atoms with Crippen molar-refractivity contribution in [2.75, 3.05) is 7.11 Å². The first-order chi connectivity index (χ1) is 7.45. The van der Waals surface area contributed by atoms with Crippen molar-refractivity contribution in [3.8, 4) is 5.75 Å². The topological polar surface area (TPSA) is 46.5 Å². The summed E-state index contributed by atoms with van der Waals surface area (Å²) in [5, 5.41) is 8.97. The van der Waals surface area contributed by atoms with Gasteiger partial charge in [0, 0.05) is 5.75 Å². The molecule has 0 saturated carbocycles. The van der Waals surface area contributed by atoms with E-state index in [1.165, 1.54) is 11.8 Å². The van der Waals surface area contributed by atoms with E-state index < -0.39 is 10.7 Å². The summed E-state index contributed by atoms with van der Waals surface area (Å²) in [6.45, 7) is 3.42. The van der Waals surface area contributed by atoms with Gasteiger partial charge in [-0.2, -0.15) is 0 Å². The molecule has 4 heteroatoms. The van der Waals surface area contributed by atoms with Gasteiger partial charge in [0.15, 0.2) is 0 Å². The maximum absolute atomic E-state index is 10.9. The maximum Gasteiger partial charge on any atom is 0.319 e. The van der Waals surface area contributed by atoms with Gasteiger partial charge in [-0.05, 0) is 31.5 Å². The Morgan fingerprint density at radius 1 is 1.50 bits per heavy atom. The first-order valence-corrected chi connectivity index (χ1v) is 5.94. The smallest absolute Gasteiger partial charge is 0.319 e. The summed E-state index contributed by atoms with van der Waals surface area (Å²) in [6.07, 6.45) is 0. The molecule has 0 saturated heterocycles. The van der Waals surface area contributed by atoms with Crippen LogP contribution in [0, 0.1) is 0 Å². The third-order valence-electron chi connectivity index (χ3n) is 2.25. The lowest BCUT2D eigenvalue weighted by Gasteiger charge is -2.18. The van der Waals surface area contributed by atoms with Gasteiger partial charge in [-0.25, -0.2) is 0 Å². The van der Waals surface area contributed by atoms with Crippen molar-refractivity contribution in [3.05, 3.63) is 29.8 Å². The maximum atomic E-state index is 10.9. The van der Waals surface area contributed by atoms with E-state index in [1.807, 2.05) is 24.3 Å². The van der Waals surface area contributed by atoms with E-state index in [4.69, 9.17) is 9.84 Å². The average Bonchev–Trinajstić information content (AvgIpc) is 2.26. The number of methoxy groups -OCH3 is 1. The molecule has 1 rings (SSSR count). The lowest BCUT2D eigenvalue weighted by Crippen LogP contribution is -2.27. The van der Waals surface area contributed by atoms with Crippen LogP contribution < -0.4 is 4.74 Å². The van der Waals surface area contributed by atoms with Crippen molar-refractivity contribution < 1.29 is 14.6 Å². The summed E-state index contributed by atoms with van der Waals surface area (Å²) in [4.78, 5) is 10.9. The highest BCUT2D eigenvalue weighted by atomic mass is 32.2. The molecule has 1 aromatic rings. The molecular weight excluding hydrogens is 224 g/mol. The lowest BCUT2D eigenvalue weighted by atomic mass is 10.2. The number of ether oxygens (including phenoxy) is 1. The van der Waals surface area contributed by atoms with E-state index in [9.17, 15) is 4.79 Å². The second-order valence-corrected chi connectivity index (χ2v) is 5.55. The fourth-order valence-electron chi connectivity index (χ4n) is 1.09. The predicted molar refractivity (Wildman–Crippen MR) is 66.0 cm³/mol. The molecular formula is C12H16O3S.